The summed E-state index contributed by atoms with van der Waals surface area (Å²) in [5.74, 6) is 0.136. The minimum absolute atomic E-state index is 0.00699. The molecule has 0 saturated carbocycles. The van der Waals surface area contributed by atoms with Crippen LogP contribution in [-0.2, 0) is 11.3 Å². The van der Waals surface area contributed by atoms with Crippen LogP contribution < -0.4 is 11.1 Å². The van der Waals surface area contributed by atoms with Crippen LogP contribution in [0.25, 0.3) is 0 Å². The summed E-state index contributed by atoms with van der Waals surface area (Å²) in [5, 5.41) is 2.89. The van der Waals surface area contributed by atoms with Crippen LogP contribution in [0.15, 0.2) is 18.3 Å². The summed E-state index contributed by atoms with van der Waals surface area (Å²) >= 11 is 0. The molecule has 1 atom stereocenters. The molecule has 0 saturated heterocycles. The van der Waals surface area contributed by atoms with Gasteiger partial charge in [0.25, 0.3) is 0 Å². The van der Waals surface area contributed by atoms with Crippen molar-refractivity contribution in [2.45, 2.75) is 27.3 Å². The molecule has 3 N–H and O–H groups in total. The molecule has 1 heterocycles. The standard InChI is InChI=1S/C13H21N3O/c1-9(2)11(7-14)13(17)16-8-12-10(3)5-4-6-15-12/h4-6,9,11H,7-8,14H2,1-3H3,(H,16,17). The highest BCUT2D eigenvalue weighted by atomic mass is 16.1. The summed E-state index contributed by atoms with van der Waals surface area (Å²) in [4.78, 5) is 16.1. The van der Waals surface area contributed by atoms with E-state index in [2.05, 4.69) is 10.3 Å². The van der Waals surface area contributed by atoms with E-state index in [4.69, 9.17) is 5.73 Å². The number of hydrogen-bond acceptors (Lipinski definition) is 3. The van der Waals surface area contributed by atoms with Gasteiger partial charge in [-0.2, -0.15) is 0 Å². The smallest absolute Gasteiger partial charge is 0.224 e. The Bertz CT molecular complexity index is 377. The molecular weight excluding hydrogens is 214 g/mol. The van der Waals surface area contributed by atoms with Crippen LogP contribution in [0.2, 0.25) is 0 Å². The lowest BCUT2D eigenvalue weighted by Crippen LogP contribution is -2.37. The number of amides is 1. The van der Waals surface area contributed by atoms with E-state index < -0.39 is 0 Å². The molecule has 0 aliphatic rings. The molecule has 94 valence electrons. The van der Waals surface area contributed by atoms with Crippen LogP contribution in [-0.4, -0.2) is 17.4 Å². The molecule has 1 aromatic heterocycles. The largest absolute Gasteiger partial charge is 0.350 e. The van der Waals surface area contributed by atoms with Gasteiger partial charge in [0.15, 0.2) is 0 Å². The van der Waals surface area contributed by atoms with Gasteiger partial charge >= 0.3 is 0 Å². The maximum absolute atomic E-state index is 11.9. The maximum Gasteiger partial charge on any atom is 0.224 e. The van der Waals surface area contributed by atoms with Crippen molar-refractivity contribution in [1.82, 2.24) is 10.3 Å². The highest BCUT2D eigenvalue weighted by Crippen LogP contribution is 2.10. The summed E-state index contributed by atoms with van der Waals surface area (Å²) in [7, 11) is 0. The molecule has 4 heteroatoms. The van der Waals surface area contributed by atoms with E-state index in [-0.39, 0.29) is 17.7 Å². The van der Waals surface area contributed by atoms with Gasteiger partial charge in [0.1, 0.15) is 0 Å². The minimum Gasteiger partial charge on any atom is -0.350 e. The van der Waals surface area contributed by atoms with Crippen LogP contribution in [0, 0.1) is 18.8 Å². The molecule has 0 aliphatic carbocycles. The van der Waals surface area contributed by atoms with Crippen molar-refractivity contribution < 1.29 is 4.79 Å². The summed E-state index contributed by atoms with van der Waals surface area (Å²) in [6, 6.07) is 3.87. The quantitative estimate of drug-likeness (QED) is 0.806. The van der Waals surface area contributed by atoms with Crippen molar-refractivity contribution in [2.24, 2.45) is 17.6 Å². The van der Waals surface area contributed by atoms with Gasteiger partial charge < -0.3 is 11.1 Å². The van der Waals surface area contributed by atoms with E-state index in [0.29, 0.717) is 13.1 Å². The van der Waals surface area contributed by atoms with Crippen LogP contribution in [0.5, 0.6) is 0 Å². The first-order chi connectivity index (χ1) is 8.06. The fourth-order valence-corrected chi connectivity index (χ4v) is 1.69. The van der Waals surface area contributed by atoms with Crippen LogP contribution in [0.1, 0.15) is 25.1 Å². The maximum atomic E-state index is 11.9. The zero-order chi connectivity index (χ0) is 12.8. The second-order valence-corrected chi connectivity index (χ2v) is 4.57. The van der Waals surface area contributed by atoms with Crippen LogP contribution in [0.3, 0.4) is 0 Å². The number of carbonyl (C=O) groups is 1. The zero-order valence-corrected chi connectivity index (χ0v) is 10.7. The van der Waals surface area contributed by atoms with Crippen LogP contribution >= 0.6 is 0 Å². The molecule has 0 aromatic carbocycles. The fraction of sp³-hybridized carbons (Fsp3) is 0.538. The first kappa shape index (κ1) is 13.6. The van der Waals surface area contributed by atoms with E-state index >= 15 is 0 Å². The van der Waals surface area contributed by atoms with Crippen molar-refractivity contribution in [1.29, 1.82) is 0 Å². The molecule has 0 spiro atoms. The lowest BCUT2D eigenvalue weighted by atomic mass is 9.95. The van der Waals surface area contributed by atoms with Crippen molar-refractivity contribution in [2.75, 3.05) is 6.54 Å². The summed E-state index contributed by atoms with van der Waals surface area (Å²) in [6.07, 6.45) is 1.73. The van der Waals surface area contributed by atoms with Crippen molar-refractivity contribution >= 4 is 5.91 Å². The van der Waals surface area contributed by atoms with Crippen LogP contribution in [0.4, 0.5) is 0 Å². The fourth-order valence-electron chi connectivity index (χ4n) is 1.69. The predicted octanol–water partition coefficient (Wildman–Crippen LogP) is 1.24. The number of carbonyl (C=O) groups excluding carboxylic acids is 1. The molecular formula is C13H21N3O. The second-order valence-electron chi connectivity index (χ2n) is 4.57. The van der Waals surface area contributed by atoms with Gasteiger partial charge in [0.2, 0.25) is 5.91 Å². The first-order valence-electron chi connectivity index (χ1n) is 5.94. The van der Waals surface area contributed by atoms with E-state index in [0.717, 1.165) is 11.3 Å². The van der Waals surface area contributed by atoms with Gasteiger partial charge in [0, 0.05) is 12.7 Å². The summed E-state index contributed by atoms with van der Waals surface area (Å²) in [5.41, 5.74) is 7.59. The number of rotatable bonds is 5. The minimum atomic E-state index is -0.126. The highest BCUT2D eigenvalue weighted by Gasteiger charge is 2.20. The third kappa shape index (κ3) is 3.82. The average molecular weight is 235 g/mol. The summed E-state index contributed by atoms with van der Waals surface area (Å²) in [6.45, 7) is 6.84. The van der Waals surface area contributed by atoms with E-state index in [9.17, 15) is 4.79 Å². The Morgan fingerprint density at radius 2 is 2.24 bits per heavy atom. The number of aryl methyl sites for hydroxylation is 1. The van der Waals surface area contributed by atoms with Crippen molar-refractivity contribution in [3.05, 3.63) is 29.6 Å². The van der Waals surface area contributed by atoms with E-state index in [1.165, 1.54) is 0 Å². The Balaban J connectivity index is 2.56. The molecule has 1 unspecified atom stereocenters. The predicted molar refractivity (Wildman–Crippen MR) is 68.2 cm³/mol. The normalized spacial score (nSPS) is 12.5. The Kier molecular flexibility index (Phi) is 5.10. The van der Waals surface area contributed by atoms with Crippen molar-refractivity contribution in [3.8, 4) is 0 Å². The number of nitrogens with zero attached hydrogens (tertiary/aromatic N) is 1. The number of nitrogens with two attached hydrogens (primary N) is 1. The Hall–Kier alpha value is -1.42. The third-order valence-electron chi connectivity index (χ3n) is 2.94. The highest BCUT2D eigenvalue weighted by molar-refractivity contribution is 5.79. The Morgan fingerprint density at radius 3 is 2.76 bits per heavy atom. The molecule has 0 aliphatic heterocycles. The summed E-state index contributed by atoms with van der Waals surface area (Å²) < 4.78 is 0. The Labute approximate surface area is 103 Å². The van der Waals surface area contributed by atoms with Gasteiger partial charge in [-0.05, 0) is 24.5 Å². The SMILES string of the molecule is Cc1cccnc1CNC(=O)C(CN)C(C)C. The lowest BCUT2D eigenvalue weighted by molar-refractivity contribution is -0.126. The van der Waals surface area contributed by atoms with Crippen molar-refractivity contribution in [3.63, 3.8) is 0 Å². The Morgan fingerprint density at radius 1 is 1.53 bits per heavy atom. The van der Waals surface area contributed by atoms with Gasteiger partial charge in [-0.25, -0.2) is 0 Å². The second kappa shape index (κ2) is 6.35. The molecule has 1 amide bonds. The number of pyridine rings is 1. The molecule has 17 heavy (non-hydrogen) atoms. The van der Waals surface area contributed by atoms with E-state index in [1.54, 1.807) is 6.20 Å². The zero-order valence-electron chi connectivity index (χ0n) is 10.7. The number of nitrogens with one attached hydrogen (secondary N) is 1. The molecule has 4 nitrogen and oxygen atoms in total. The van der Waals surface area contributed by atoms with Gasteiger partial charge in [-0.1, -0.05) is 19.9 Å². The van der Waals surface area contributed by atoms with Gasteiger partial charge in [0.05, 0.1) is 18.2 Å². The van der Waals surface area contributed by atoms with E-state index in [1.807, 2.05) is 32.9 Å². The third-order valence-corrected chi connectivity index (χ3v) is 2.94. The molecule has 1 aromatic rings. The van der Waals surface area contributed by atoms with Gasteiger partial charge in [-0.15, -0.1) is 0 Å². The average Bonchev–Trinajstić information content (AvgIpc) is 2.28. The monoisotopic (exact) mass is 235 g/mol. The molecule has 0 fully saturated rings. The topological polar surface area (TPSA) is 68.0 Å². The molecule has 0 radical (unpaired) electrons. The van der Waals surface area contributed by atoms with Gasteiger partial charge in [-0.3, -0.25) is 9.78 Å². The molecule has 0 bridgehead atoms. The lowest BCUT2D eigenvalue weighted by Gasteiger charge is -2.18. The number of aromatic nitrogens is 1. The first-order valence-corrected chi connectivity index (χ1v) is 5.94. The number of hydrogen-bond donors (Lipinski definition) is 2. The molecule has 1 rings (SSSR count).